The molecule has 2 fully saturated rings. The highest BCUT2D eigenvalue weighted by Gasteiger charge is 2.42. The number of nitro groups is 1. The van der Waals surface area contributed by atoms with Crippen molar-refractivity contribution in [1.29, 1.82) is 0 Å². The molecule has 3 heterocycles. The molecule has 0 saturated carbocycles. The van der Waals surface area contributed by atoms with E-state index in [0.29, 0.717) is 13.1 Å². The van der Waals surface area contributed by atoms with Gasteiger partial charge in [-0.1, -0.05) is 37.3 Å². The van der Waals surface area contributed by atoms with E-state index in [-0.39, 0.29) is 30.6 Å². The number of nitro benzene ring substituents is 1. The van der Waals surface area contributed by atoms with Crippen molar-refractivity contribution in [3.8, 4) is 0 Å². The molecule has 5 rings (SSSR count). The molecule has 1 atom stereocenters. The van der Waals surface area contributed by atoms with Crippen LogP contribution in [-0.4, -0.2) is 63.7 Å². The maximum Gasteiger partial charge on any atom is 0.269 e. The van der Waals surface area contributed by atoms with Gasteiger partial charge in [-0.2, -0.15) is 0 Å². The molecule has 34 heavy (non-hydrogen) atoms. The van der Waals surface area contributed by atoms with Crippen LogP contribution in [0.3, 0.4) is 0 Å². The molecule has 176 valence electrons. The van der Waals surface area contributed by atoms with Gasteiger partial charge in [-0.3, -0.25) is 24.6 Å². The monoisotopic (exact) mass is 478 g/mol. The topological polar surface area (TPSA) is 87.0 Å². The number of aryl methyl sites for hydroxylation is 1. The number of hydrogen-bond donors (Lipinski definition) is 0. The molecule has 2 amide bonds. The van der Waals surface area contributed by atoms with E-state index in [2.05, 4.69) is 36.1 Å². The number of rotatable bonds is 6. The van der Waals surface area contributed by atoms with E-state index < -0.39 is 11.0 Å². The van der Waals surface area contributed by atoms with E-state index in [1.54, 1.807) is 21.9 Å². The van der Waals surface area contributed by atoms with E-state index in [4.69, 9.17) is 0 Å². The second-order valence-corrected chi connectivity index (χ2v) is 9.95. The van der Waals surface area contributed by atoms with Crippen molar-refractivity contribution >= 4 is 38.9 Å². The smallest absolute Gasteiger partial charge is 0.269 e. The summed E-state index contributed by atoms with van der Waals surface area (Å²) in [7, 11) is 0. The van der Waals surface area contributed by atoms with Gasteiger partial charge in [0, 0.05) is 54.4 Å². The summed E-state index contributed by atoms with van der Waals surface area (Å²) in [6.45, 7) is 5.04. The summed E-state index contributed by atoms with van der Waals surface area (Å²) in [5.41, 5.74) is 2.10. The van der Waals surface area contributed by atoms with Gasteiger partial charge < -0.3 is 9.80 Å². The molecule has 0 spiro atoms. The van der Waals surface area contributed by atoms with Crippen molar-refractivity contribution < 1.29 is 14.5 Å². The number of thiophene rings is 1. The maximum atomic E-state index is 13.4. The van der Waals surface area contributed by atoms with Crippen molar-refractivity contribution in [2.24, 2.45) is 0 Å². The lowest BCUT2D eigenvalue weighted by Gasteiger charge is -2.46. The zero-order valence-electron chi connectivity index (χ0n) is 19.0. The fourth-order valence-electron chi connectivity index (χ4n) is 4.94. The summed E-state index contributed by atoms with van der Waals surface area (Å²) < 4.78 is 1.28. The Kier molecular flexibility index (Phi) is 6.05. The molecule has 1 aromatic heterocycles. The lowest BCUT2D eigenvalue weighted by molar-refractivity contribution is -0.384. The minimum Gasteiger partial charge on any atom is -0.327 e. The van der Waals surface area contributed by atoms with E-state index >= 15 is 0 Å². The fourth-order valence-corrected chi connectivity index (χ4v) is 6.10. The standard InChI is InChI=1S/C25H26N4O4S/c1-2-22-20(19-5-3-4-6-23(19)34-22)14-26-11-12-28-21(15-26)25(31)27(16-24(28)30)13-17-7-9-18(10-8-17)29(32)33/h3-10,21H,2,11-16H2,1H3. The van der Waals surface area contributed by atoms with Crippen molar-refractivity contribution in [3.63, 3.8) is 0 Å². The second kappa shape index (κ2) is 9.15. The Hall–Kier alpha value is -3.30. The van der Waals surface area contributed by atoms with Crippen molar-refractivity contribution in [1.82, 2.24) is 14.7 Å². The number of hydrogen-bond acceptors (Lipinski definition) is 6. The summed E-state index contributed by atoms with van der Waals surface area (Å²) in [5, 5.41) is 12.2. The van der Waals surface area contributed by atoms with Gasteiger partial charge in [0.15, 0.2) is 0 Å². The van der Waals surface area contributed by atoms with Crippen LogP contribution in [0.4, 0.5) is 5.69 Å². The predicted molar refractivity (Wildman–Crippen MR) is 130 cm³/mol. The molecule has 2 saturated heterocycles. The first-order chi connectivity index (χ1) is 16.4. The normalized spacial score (nSPS) is 19.0. The Balaban J connectivity index is 1.32. The molecule has 2 aromatic carbocycles. The number of amides is 2. The minimum absolute atomic E-state index is 0.00583. The van der Waals surface area contributed by atoms with Gasteiger partial charge in [0.1, 0.15) is 12.6 Å². The molecule has 0 N–H and O–H groups in total. The zero-order chi connectivity index (χ0) is 23.8. The number of non-ortho nitro benzene ring substituents is 1. The lowest BCUT2D eigenvalue weighted by atomic mass is 10.0. The van der Waals surface area contributed by atoms with Crippen LogP contribution in [-0.2, 0) is 29.1 Å². The highest BCUT2D eigenvalue weighted by atomic mass is 32.1. The van der Waals surface area contributed by atoms with Gasteiger partial charge in [-0.05, 0) is 29.0 Å². The Morgan fingerprint density at radius 2 is 1.82 bits per heavy atom. The average Bonchev–Trinajstić information content (AvgIpc) is 3.20. The fraction of sp³-hybridized carbons (Fsp3) is 0.360. The molecule has 8 nitrogen and oxygen atoms in total. The second-order valence-electron chi connectivity index (χ2n) is 8.81. The molecule has 1 unspecified atom stereocenters. The quantitative estimate of drug-likeness (QED) is 0.400. The zero-order valence-corrected chi connectivity index (χ0v) is 19.8. The predicted octanol–water partition coefficient (Wildman–Crippen LogP) is 3.43. The Morgan fingerprint density at radius 1 is 1.06 bits per heavy atom. The molecular formula is C25H26N4O4S. The Bertz CT molecular complexity index is 1260. The summed E-state index contributed by atoms with van der Waals surface area (Å²) in [4.78, 5) is 43.6. The summed E-state index contributed by atoms with van der Waals surface area (Å²) in [6, 6.07) is 14.1. The first-order valence-corrected chi connectivity index (χ1v) is 12.3. The maximum absolute atomic E-state index is 13.4. The third-order valence-electron chi connectivity index (χ3n) is 6.71. The van der Waals surface area contributed by atoms with Gasteiger partial charge in [-0.25, -0.2) is 0 Å². The number of carbonyl (C=O) groups excluding carboxylic acids is 2. The lowest BCUT2D eigenvalue weighted by Crippen LogP contribution is -2.66. The van der Waals surface area contributed by atoms with Crippen LogP contribution in [0.15, 0.2) is 48.5 Å². The van der Waals surface area contributed by atoms with Crippen LogP contribution in [0.2, 0.25) is 0 Å². The van der Waals surface area contributed by atoms with Gasteiger partial charge in [0.2, 0.25) is 11.8 Å². The molecule has 0 radical (unpaired) electrons. The van der Waals surface area contributed by atoms with Crippen LogP contribution in [0.5, 0.6) is 0 Å². The van der Waals surface area contributed by atoms with Gasteiger partial charge in [0.05, 0.1) is 4.92 Å². The molecule has 0 bridgehead atoms. The number of nitrogens with zero attached hydrogens (tertiary/aromatic N) is 4. The molecule has 9 heteroatoms. The van der Waals surface area contributed by atoms with Gasteiger partial charge >= 0.3 is 0 Å². The van der Waals surface area contributed by atoms with Gasteiger partial charge in [-0.15, -0.1) is 11.3 Å². The van der Waals surface area contributed by atoms with Crippen LogP contribution in [0, 0.1) is 10.1 Å². The Labute approximate surface area is 201 Å². The van der Waals surface area contributed by atoms with E-state index in [1.165, 1.54) is 32.7 Å². The third kappa shape index (κ3) is 4.17. The van der Waals surface area contributed by atoms with Crippen LogP contribution < -0.4 is 0 Å². The van der Waals surface area contributed by atoms with Crippen LogP contribution in [0.1, 0.15) is 22.9 Å². The van der Waals surface area contributed by atoms with E-state index in [9.17, 15) is 19.7 Å². The Morgan fingerprint density at radius 3 is 2.56 bits per heavy atom. The molecule has 3 aromatic rings. The van der Waals surface area contributed by atoms with E-state index in [0.717, 1.165) is 25.1 Å². The minimum atomic E-state index is -0.497. The van der Waals surface area contributed by atoms with Crippen LogP contribution in [0.25, 0.3) is 10.1 Å². The first kappa shape index (κ1) is 22.5. The summed E-state index contributed by atoms with van der Waals surface area (Å²) in [5.74, 6) is -0.102. The first-order valence-electron chi connectivity index (χ1n) is 11.5. The summed E-state index contributed by atoms with van der Waals surface area (Å²) in [6.07, 6.45) is 0.971. The van der Waals surface area contributed by atoms with Crippen molar-refractivity contribution in [3.05, 3.63) is 74.6 Å². The average molecular weight is 479 g/mol. The largest absolute Gasteiger partial charge is 0.327 e. The number of benzene rings is 2. The molecular weight excluding hydrogens is 452 g/mol. The highest BCUT2D eigenvalue weighted by molar-refractivity contribution is 7.19. The third-order valence-corrected chi connectivity index (χ3v) is 8.07. The number of piperazine rings is 2. The van der Waals surface area contributed by atoms with Crippen molar-refractivity contribution in [2.75, 3.05) is 26.2 Å². The molecule has 2 aliphatic rings. The SMILES string of the molecule is CCc1sc2ccccc2c1CN1CCN2C(=O)CN(Cc3ccc([N+](=O)[O-])cc3)C(=O)C2C1. The molecule has 2 aliphatic heterocycles. The highest BCUT2D eigenvalue weighted by Crippen LogP contribution is 2.33. The molecule has 0 aliphatic carbocycles. The van der Waals surface area contributed by atoms with Gasteiger partial charge in [0.25, 0.3) is 5.69 Å². The van der Waals surface area contributed by atoms with Crippen molar-refractivity contribution in [2.45, 2.75) is 32.5 Å². The van der Waals surface area contributed by atoms with Crippen LogP contribution >= 0.6 is 11.3 Å². The number of carbonyl (C=O) groups is 2. The summed E-state index contributed by atoms with van der Waals surface area (Å²) >= 11 is 1.83. The van der Waals surface area contributed by atoms with E-state index in [1.807, 2.05) is 11.3 Å². The number of fused-ring (bicyclic) bond motifs is 2.